The third kappa shape index (κ3) is 1.36. The molecule has 74 valence electrons. The number of furan rings is 1. The van der Waals surface area contributed by atoms with Gasteiger partial charge in [0, 0.05) is 24.5 Å². The van der Waals surface area contributed by atoms with Gasteiger partial charge in [0.2, 0.25) is 5.88 Å². The molecule has 0 amide bonds. The summed E-state index contributed by atoms with van der Waals surface area (Å²) in [6, 6.07) is 3.93. The van der Waals surface area contributed by atoms with Gasteiger partial charge in [0.05, 0.1) is 6.26 Å². The lowest BCUT2D eigenvalue weighted by atomic mass is 10.1. The molecule has 0 radical (unpaired) electrons. The van der Waals surface area contributed by atoms with E-state index in [-0.39, 0.29) is 0 Å². The number of hydrogen-bond donors (Lipinski definition) is 1. The van der Waals surface area contributed by atoms with Gasteiger partial charge in [0.15, 0.2) is 0 Å². The Balaban J connectivity index is 2.48. The smallest absolute Gasteiger partial charge is 0.208 e. The first-order valence-corrected chi connectivity index (χ1v) is 4.79. The Hall–Kier alpha value is -1.48. The molecule has 0 aliphatic heterocycles. The van der Waals surface area contributed by atoms with Crippen molar-refractivity contribution in [3.63, 3.8) is 0 Å². The van der Waals surface area contributed by atoms with E-state index in [0.717, 1.165) is 17.9 Å². The molecule has 3 nitrogen and oxygen atoms in total. The number of hydrogen-bond acceptors (Lipinski definition) is 2. The molecule has 2 N–H and O–H groups in total. The van der Waals surface area contributed by atoms with Crippen LogP contribution >= 0.6 is 0 Å². The molecule has 2 heterocycles. The summed E-state index contributed by atoms with van der Waals surface area (Å²) in [5, 5.41) is 0. The monoisotopic (exact) mass is 190 g/mol. The van der Waals surface area contributed by atoms with Crippen LogP contribution in [0, 0.1) is 0 Å². The summed E-state index contributed by atoms with van der Waals surface area (Å²) >= 11 is 0. The van der Waals surface area contributed by atoms with Crippen LogP contribution in [0.3, 0.4) is 0 Å². The molecule has 0 aromatic carbocycles. The first-order chi connectivity index (χ1) is 6.86. The van der Waals surface area contributed by atoms with Gasteiger partial charge in [-0.25, -0.2) is 0 Å². The maximum Gasteiger partial charge on any atom is 0.208 e. The van der Waals surface area contributed by atoms with Crippen LogP contribution in [-0.2, 0) is 13.0 Å². The van der Waals surface area contributed by atoms with Gasteiger partial charge in [-0.05, 0) is 24.1 Å². The van der Waals surface area contributed by atoms with E-state index in [9.17, 15) is 0 Å². The van der Waals surface area contributed by atoms with Crippen molar-refractivity contribution >= 4 is 0 Å². The van der Waals surface area contributed by atoms with Crippen LogP contribution in [0.15, 0.2) is 35.2 Å². The first kappa shape index (κ1) is 9.09. The Bertz CT molecular complexity index is 401. The average Bonchev–Trinajstić information content (AvgIpc) is 2.85. The van der Waals surface area contributed by atoms with Crippen LogP contribution < -0.4 is 5.73 Å². The number of nitrogens with two attached hydrogens (primary N) is 1. The van der Waals surface area contributed by atoms with Gasteiger partial charge in [-0.3, -0.25) is 4.57 Å². The third-order valence-corrected chi connectivity index (χ3v) is 2.38. The minimum absolute atomic E-state index is 0.521. The molecule has 2 rings (SSSR count). The number of nitrogens with zero attached hydrogens (tertiary/aromatic N) is 1. The molecule has 0 fully saturated rings. The predicted octanol–water partition coefficient (Wildman–Crippen LogP) is 2.09. The highest BCUT2D eigenvalue weighted by Crippen LogP contribution is 2.21. The quantitative estimate of drug-likeness (QED) is 0.805. The zero-order valence-corrected chi connectivity index (χ0v) is 8.23. The van der Waals surface area contributed by atoms with Crippen molar-refractivity contribution in [2.75, 3.05) is 0 Å². The molecule has 0 saturated carbocycles. The fourth-order valence-electron chi connectivity index (χ4n) is 1.61. The molecule has 0 atom stereocenters. The summed E-state index contributed by atoms with van der Waals surface area (Å²) in [5.74, 6) is 0.842. The average molecular weight is 190 g/mol. The fraction of sp³-hybridized carbons (Fsp3) is 0.273. The highest BCUT2D eigenvalue weighted by molar-refractivity contribution is 5.38. The molecule has 14 heavy (non-hydrogen) atoms. The highest BCUT2D eigenvalue weighted by Gasteiger charge is 2.11. The van der Waals surface area contributed by atoms with Crippen molar-refractivity contribution in [3.05, 3.63) is 41.9 Å². The largest absolute Gasteiger partial charge is 0.447 e. The van der Waals surface area contributed by atoms with E-state index in [2.05, 4.69) is 6.92 Å². The van der Waals surface area contributed by atoms with Gasteiger partial charge in [-0.2, -0.15) is 0 Å². The van der Waals surface area contributed by atoms with Crippen LogP contribution in [0.2, 0.25) is 0 Å². The molecule has 0 saturated heterocycles. The molecule has 0 aliphatic carbocycles. The summed E-state index contributed by atoms with van der Waals surface area (Å²) in [4.78, 5) is 0. The Labute approximate surface area is 83.1 Å². The second-order valence-electron chi connectivity index (χ2n) is 3.19. The van der Waals surface area contributed by atoms with Crippen LogP contribution in [-0.4, -0.2) is 4.57 Å². The Morgan fingerprint density at radius 1 is 1.36 bits per heavy atom. The van der Waals surface area contributed by atoms with Crippen molar-refractivity contribution < 1.29 is 4.42 Å². The SMILES string of the molecule is CCc1coc(-n2cccc2)c1CN. The predicted molar refractivity (Wildman–Crippen MR) is 55.3 cm³/mol. The second kappa shape index (κ2) is 3.72. The maximum atomic E-state index is 5.70. The Morgan fingerprint density at radius 2 is 2.07 bits per heavy atom. The number of aromatic nitrogens is 1. The Morgan fingerprint density at radius 3 is 2.64 bits per heavy atom. The second-order valence-corrected chi connectivity index (χ2v) is 3.19. The minimum atomic E-state index is 0.521. The lowest BCUT2D eigenvalue weighted by Gasteiger charge is -2.02. The van der Waals surface area contributed by atoms with Crippen molar-refractivity contribution in [2.24, 2.45) is 5.73 Å². The van der Waals surface area contributed by atoms with E-state index in [1.54, 1.807) is 6.26 Å². The molecule has 0 unspecified atom stereocenters. The zero-order valence-electron chi connectivity index (χ0n) is 8.23. The lowest BCUT2D eigenvalue weighted by molar-refractivity contribution is 0.533. The maximum absolute atomic E-state index is 5.70. The van der Waals surface area contributed by atoms with Gasteiger partial charge in [-0.1, -0.05) is 6.92 Å². The van der Waals surface area contributed by atoms with E-state index >= 15 is 0 Å². The Kier molecular flexibility index (Phi) is 2.41. The van der Waals surface area contributed by atoms with Crippen molar-refractivity contribution in [1.82, 2.24) is 4.57 Å². The van der Waals surface area contributed by atoms with Crippen LogP contribution in [0.25, 0.3) is 5.88 Å². The van der Waals surface area contributed by atoms with Crippen LogP contribution in [0.4, 0.5) is 0 Å². The van der Waals surface area contributed by atoms with Gasteiger partial charge >= 0.3 is 0 Å². The topological polar surface area (TPSA) is 44.1 Å². The van der Waals surface area contributed by atoms with Crippen LogP contribution in [0.1, 0.15) is 18.1 Å². The first-order valence-electron chi connectivity index (χ1n) is 4.79. The van der Waals surface area contributed by atoms with Crippen molar-refractivity contribution in [3.8, 4) is 5.88 Å². The molecular formula is C11H14N2O. The summed E-state index contributed by atoms with van der Waals surface area (Å²) in [6.45, 7) is 2.62. The van der Waals surface area contributed by atoms with E-state index in [4.69, 9.17) is 10.2 Å². The molecule has 0 spiro atoms. The van der Waals surface area contributed by atoms with Gasteiger partial charge in [-0.15, -0.1) is 0 Å². The van der Waals surface area contributed by atoms with Gasteiger partial charge < -0.3 is 10.2 Å². The van der Waals surface area contributed by atoms with E-state index in [1.807, 2.05) is 29.1 Å². The number of aryl methyl sites for hydroxylation is 1. The summed E-state index contributed by atoms with van der Waals surface area (Å²) in [6.07, 6.45) is 6.66. The van der Waals surface area contributed by atoms with Gasteiger partial charge in [0.25, 0.3) is 0 Å². The van der Waals surface area contributed by atoms with Crippen molar-refractivity contribution in [2.45, 2.75) is 19.9 Å². The summed E-state index contributed by atoms with van der Waals surface area (Å²) < 4.78 is 7.45. The summed E-state index contributed by atoms with van der Waals surface area (Å²) in [7, 11) is 0. The third-order valence-electron chi connectivity index (χ3n) is 2.38. The normalized spacial score (nSPS) is 10.7. The molecular weight excluding hydrogens is 176 g/mol. The summed E-state index contributed by atoms with van der Waals surface area (Å²) in [5.41, 5.74) is 8.00. The van der Waals surface area contributed by atoms with E-state index in [0.29, 0.717) is 6.54 Å². The molecule has 2 aromatic heterocycles. The molecule has 0 bridgehead atoms. The molecule has 0 aliphatic rings. The van der Waals surface area contributed by atoms with Crippen LogP contribution in [0.5, 0.6) is 0 Å². The fourth-order valence-corrected chi connectivity index (χ4v) is 1.61. The van der Waals surface area contributed by atoms with Crippen molar-refractivity contribution in [1.29, 1.82) is 0 Å². The molecule has 2 aromatic rings. The van der Waals surface area contributed by atoms with E-state index in [1.165, 1.54) is 5.56 Å². The standard InChI is InChI=1S/C11H14N2O/c1-2-9-8-14-11(10(9)7-12)13-5-3-4-6-13/h3-6,8H,2,7,12H2,1H3. The lowest BCUT2D eigenvalue weighted by Crippen LogP contribution is -2.02. The van der Waals surface area contributed by atoms with E-state index < -0.39 is 0 Å². The number of rotatable bonds is 3. The molecule has 3 heteroatoms. The zero-order chi connectivity index (χ0) is 9.97. The van der Waals surface area contributed by atoms with Gasteiger partial charge in [0.1, 0.15) is 0 Å². The minimum Gasteiger partial charge on any atom is -0.447 e. The highest BCUT2D eigenvalue weighted by atomic mass is 16.3.